The number of nitrogens with zero attached hydrogens (tertiary/aromatic N) is 4. The summed E-state index contributed by atoms with van der Waals surface area (Å²) in [7, 11) is 2.14. The Morgan fingerprint density at radius 3 is 2.85 bits per heavy atom. The van der Waals surface area contributed by atoms with E-state index in [1.165, 1.54) is 12.1 Å². The zero-order valence-electron chi connectivity index (χ0n) is 15.3. The maximum Gasteiger partial charge on any atom is 0.244 e. The lowest BCUT2D eigenvalue weighted by molar-refractivity contribution is 0.0880. The lowest BCUT2D eigenvalue weighted by Crippen LogP contribution is -2.43. The van der Waals surface area contributed by atoms with Crippen molar-refractivity contribution < 1.29 is 14.0 Å². The van der Waals surface area contributed by atoms with Crippen molar-refractivity contribution in [3.05, 3.63) is 46.3 Å². The van der Waals surface area contributed by atoms with Crippen molar-refractivity contribution in [1.29, 1.82) is 0 Å². The number of aliphatic hydroxyl groups is 1. The highest BCUT2D eigenvalue weighted by atomic mass is 35.5. The van der Waals surface area contributed by atoms with Gasteiger partial charge in [-0.05, 0) is 57.1 Å². The largest absolute Gasteiger partial charge is 0.392 e. The topological polar surface area (TPSA) is 65.6 Å². The summed E-state index contributed by atoms with van der Waals surface area (Å²) in [4.78, 5) is 9.20. The molecule has 27 heavy (non-hydrogen) atoms. The van der Waals surface area contributed by atoms with Crippen LogP contribution in [0.5, 0.6) is 0 Å². The van der Waals surface area contributed by atoms with Crippen molar-refractivity contribution in [2.45, 2.75) is 43.9 Å². The highest BCUT2D eigenvalue weighted by Gasteiger charge is 2.40. The molecule has 2 aromatic rings. The number of hydrogen-bond donors (Lipinski definition) is 1. The van der Waals surface area contributed by atoms with Crippen molar-refractivity contribution in [1.82, 2.24) is 19.9 Å². The Morgan fingerprint density at radius 2 is 2.11 bits per heavy atom. The fraction of sp³-hybridized carbons (Fsp3) is 0.579. The molecule has 146 valence electrons. The van der Waals surface area contributed by atoms with Crippen LogP contribution in [-0.4, -0.2) is 63.9 Å². The molecule has 6 nitrogen and oxygen atoms in total. The van der Waals surface area contributed by atoms with E-state index in [4.69, 9.17) is 16.1 Å². The Balaban J connectivity index is 1.49. The number of β-amino-alcohol motifs (C(OH)–C–C–N with tert-alkyl or cyclic N) is 1. The number of hydrogen-bond acceptors (Lipinski definition) is 6. The van der Waals surface area contributed by atoms with Gasteiger partial charge in [0.15, 0.2) is 5.82 Å². The molecule has 0 amide bonds. The van der Waals surface area contributed by atoms with Crippen molar-refractivity contribution in [2.24, 2.45) is 0 Å². The third-order valence-electron chi connectivity index (χ3n) is 5.61. The number of benzene rings is 1. The molecule has 4 rings (SSSR count). The van der Waals surface area contributed by atoms with Crippen LogP contribution in [0.4, 0.5) is 4.39 Å². The first kappa shape index (κ1) is 18.8. The van der Waals surface area contributed by atoms with Crippen molar-refractivity contribution in [2.75, 3.05) is 26.7 Å². The van der Waals surface area contributed by atoms with Gasteiger partial charge in [-0.25, -0.2) is 4.39 Å². The molecule has 0 saturated carbocycles. The molecule has 0 bridgehead atoms. The number of piperidine rings is 1. The highest BCUT2D eigenvalue weighted by molar-refractivity contribution is 6.31. The lowest BCUT2D eigenvalue weighted by atomic mass is 10.0. The molecule has 2 aliphatic heterocycles. The summed E-state index contributed by atoms with van der Waals surface area (Å²) < 4.78 is 18.7. The van der Waals surface area contributed by atoms with Crippen LogP contribution < -0.4 is 0 Å². The molecule has 3 heterocycles. The van der Waals surface area contributed by atoms with Gasteiger partial charge in [0.2, 0.25) is 5.89 Å². The molecule has 8 heteroatoms. The van der Waals surface area contributed by atoms with E-state index in [2.05, 4.69) is 27.0 Å². The summed E-state index contributed by atoms with van der Waals surface area (Å²) in [6.07, 6.45) is 2.76. The first-order valence-electron chi connectivity index (χ1n) is 9.38. The number of halogens is 2. The zero-order valence-corrected chi connectivity index (χ0v) is 16.1. The third kappa shape index (κ3) is 4.16. The van der Waals surface area contributed by atoms with Crippen LogP contribution in [0.15, 0.2) is 22.7 Å². The minimum atomic E-state index is -0.378. The molecular formula is C19H24ClFN4O2. The lowest BCUT2D eigenvalue weighted by Gasteiger charge is -2.37. The number of rotatable bonds is 4. The van der Waals surface area contributed by atoms with Gasteiger partial charge in [-0.1, -0.05) is 22.8 Å². The van der Waals surface area contributed by atoms with E-state index >= 15 is 0 Å². The normalized spacial score (nSPS) is 25.3. The predicted octanol–water partition coefficient (Wildman–Crippen LogP) is 2.65. The van der Waals surface area contributed by atoms with Gasteiger partial charge in [0.1, 0.15) is 5.82 Å². The van der Waals surface area contributed by atoms with Gasteiger partial charge < -0.3 is 14.5 Å². The van der Waals surface area contributed by atoms with Gasteiger partial charge in [0, 0.05) is 24.0 Å². The van der Waals surface area contributed by atoms with Crippen LogP contribution in [-0.2, 0) is 6.42 Å². The Hall–Kier alpha value is -1.54. The average molecular weight is 395 g/mol. The Bertz CT molecular complexity index is 794. The van der Waals surface area contributed by atoms with Crippen LogP contribution in [0.25, 0.3) is 0 Å². The van der Waals surface area contributed by atoms with Crippen molar-refractivity contribution in [3.8, 4) is 0 Å². The summed E-state index contributed by atoms with van der Waals surface area (Å²) in [5, 5.41) is 14.7. The second-order valence-electron chi connectivity index (χ2n) is 7.60. The summed E-state index contributed by atoms with van der Waals surface area (Å²) in [5.41, 5.74) is 0.754. The van der Waals surface area contributed by atoms with E-state index in [0.29, 0.717) is 42.2 Å². The Kier molecular flexibility index (Phi) is 5.45. The van der Waals surface area contributed by atoms with Crippen LogP contribution in [0.1, 0.15) is 42.6 Å². The van der Waals surface area contributed by atoms with Gasteiger partial charge in [-0.2, -0.15) is 4.98 Å². The predicted molar refractivity (Wildman–Crippen MR) is 99.1 cm³/mol. The van der Waals surface area contributed by atoms with E-state index < -0.39 is 0 Å². The van der Waals surface area contributed by atoms with E-state index in [-0.39, 0.29) is 18.0 Å². The molecular weight excluding hydrogens is 371 g/mol. The molecule has 2 aliphatic rings. The third-order valence-corrected chi connectivity index (χ3v) is 5.96. The van der Waals surface area contributed by atoms with Gasteiger partial charge in [0.05, 0.1) is 12.1 Å². The standard InChI is InChI=1S/C19H24ClFN4O2/c1-24-6-4-14(5-7-24)25-11-15(26)10-17(25)19-22-18(23-27-19)8-12-2-3-13(21)9-16(12)20/h2-3,9,14-15,17,26H,4-8,10-11H2,1H3. The monoisotopic (exact) mass is 394 g/mol. The SMILES string of the molecule is CN1CCC(N2CC(O)CC2c2nc(Cc3ccc(F)cc3Cl)no2)CC1. The van der Waals surface area contributed by atoms with Crippen molar-refractivity contribution >= 4 is 11.6 Å². The quantitative estimate of drug-likeness (QED) is 0.860. The molecule has 2 atom stereocenters. The molecule has 1 N–H and O–H groups in total. The minimum Gasteiger partial charge on any atom is -0.392 e. The first-order chi connectivity index (χ1) is 13.0. The molecule has 2 saturated heterocycles. The minimum absolute atomic E-state index is 0.0571. The van der Waals surface area contributed by atoms with Gasteiger partial charge in [-0.3, -0.25) is 4.90 Å². The summed E-state index contributed by atoms with van der Waals surface area (Å²) in [6.45, 7) is 2.75. The second kappa shape index (κ2) is 7.83. The van der Waals surface area contributed by atoms with Crippen molar-refractivity contribution in [3.63, 3.8) is 0 Å². The maximum absolute atomic E-state index is 13.2. The molecule has 0 aliphatic carbocycles. The Morgan fingerprint density at radius 1 is 1.33 bits per heavy atom. The van der Waals surface area contributed by atoms with E-state index in [0.717, 1.165) is 31.5 Å². The molecule has 0 spiro atoms. The Labute approximate surface area is 162 Å². The fourth-order valence-corrected chi connectivity index (χ4v) is 4.36. The first-order valence-corrected chi connectivity index (χ1v) is 9.76. The van der Waals surface area contributed by atoms with Crippen LogP contribution >= 0.6 is 11.6 Å². The van der Waals surface area contributed by atoms with E-state index in [1.54, 1.807) is 6.07 Å². The maximum atomic E-state index is 13.2. The number of aliphatic hydroxyl groups excluding tert-OH is 1. The van der Waals surface area contributed by atoms with Crippen LogP contribution in [0, 0.1) is 5.82 Å². The van der Waals surface area contributed by atoms with Crippen LogP contribution in [0.3, 0.4) is 0 Å². The second-order valence-corrected chi connectivity index (χ2v) is 8.01. The van der Waals surface area contributed by atoms with E-state index in [9.17, 15) is 9.50 Å². The zero-order chi connectivity index (χ0) is 19.0. The summed E-state index contributed by atoms with van der Waals surface area (Å²) in [5.74, 6) is 0.688. The molecule has 2 fully saturated rings. The molecule has 0 radical (unpaired) electrons. The van der Waals surface area contributed by atoms with E-state index in [1.807, 2.05) is 0 Å². The number of aromatic nitrogens is 2. The van der Waals surface area contributed by atoms with Crippen LogP contribution in [0.2, 0.25) is 5.02 Å². The van der Waals surface area contributed by atoms with Gasteiger partial charge in [-0.15, -0.1) is 0 Å². The number of likely N-dealkylation sites (tertiary alicyclic amines) is 2. The van der Waals surface area contributed by atoms with Gasteiger partial charge in [0.25, 0.3) is 0 Å². The average Bonchev–Trinajstić information content (AvgIpc) is 3.24. The smallest absolute Gasteiger partial charge is 0.244 e. The highest BCUT2D eigenvalue weighted by Crippen LogP contribution is 2.35. The molecule has 1 aromatic carbocycles. The van der Waals surface area contributed by atoms with Gasteiger partial charge >= 0.3 is 0 Å². The molecule has 2 unspecified atom stereocenters. The fourth-order valence-electron chi connectivity index (χ4n) is 4.12. The summed E-state index contributed by atoms with van der Waals surface area (Å²) >= 11 is 6.10. The molecule has 1 aromatic heterocycles. The summed E-state index contributed by atoms with van der Waals surface area (Å²) in [6, 6.07) is 4.66.